The van der Waals surface area contributed by atoms with E-state index in [0.717, 1.165) is 6.07 Å². The molecule has 0 aliphatic carbocycles. The molecular formula is C12H8FN3O2. The van der Waals surface area contributed by atoms with Gasteiger partial charge in [-0.15, -0.1) is 0 Å². The molecule has 1 heterocycles. The summed E-state index contributed by atoms with van der Waals surface area (Å²) in [5.41, 5.74) is -0.198. The highest BCUT2D eigenvalue weighted by Gasteiger charge is 2.05. The van der Waals surface area contributed by atoms with E-state index >= 15 is 0 Å². The summed E-state index contributed by atoms with van der Waals surface area (Å²) in [5.74, 6) is 0.0614. The highest BCUT2D eigenvalue weighted by atomic mass is 19.1. The third kappa shape index (κ3) is 2.71. The summed E-state index contributed by atoms with van der Waals surface area (Å²) in [4.78, 5) is 17.4. The molecular weight excluding hydrogens is 237 g/mol. The van der Waals surface area contributed by atoms with Gasteiger partial charge in [-0.05, 0) is 18.2 Å². The van der Waals surface area contributed by atoms with Crippen molar-refractivity contribution in [3.8, 4) is 11.8 Å². The number of nitriles is 1. The lowest BCUT2D eigenvalue weighted by Crippen LogP contribution is -2.11. The highest BCUT2D eigenvalue weighted by molar-refractivity contribution is 5.43. The lowest BCUT2D eigenvalue weighted by molar-refractivity contribution is 0.294. The number of halogens is 1. The van der Waals surface area contributed by atoms with E-state index in [1.54, 1.807) is 0 Å². The number of ether oxygens (including phenoxy) is 1. The number of aromatic amines is 1. The number of rotatable bonds is 3. The van der Waals surface area contributed by atoms with Crippen molar-refractivity contribution in [3.63, 3.8) is 0 Å². The normalized spacial score (nSPS) is 9.78. The van der Waals surface area contributed by atoms with Gasteiger partial charge >= 0.3 is 0 Å². The Morgan fingerprint density at radius 3 is 3.00 bits per heavy atom. The predicted molar refractivity (Wildman–Crippen MR) is 60.3 cm³/mol. The Morgan fingerprint density at radius 2 is 2.28 bits per heavy atom. The molecule has 0 fully saturated rings. The van der Waals surface area contributed by atoms with Gasteiger partial charge in [0.15, 0.2) is 0 Å². The third-order valence-electron chi connectivity index (χ3n) is 2.15. The van der Waals surface area contributed by atoms with Crippen molar-refractivity contribution in [2.75, 3.05) is 0 Å². The second kappa shape index (κ2) is 5.10. The molecule has 1 aromatic carbocycles. The summed E-state index contributed by atoms with van der Waals surface area (Å²) in [5, 5.41) is 8.81. The van der Waals surface area contributed by atoms with Crippen LogP contribution in [0.25, 0.3) is 0 Å². The van der Waals surface area contributed by atoms with Gasteiger partial charge in [0.2, 0.25) is 0 Å². The lowest BCUT2D eigenvalue weighted by Gasteiger charge is -2.06. The van der Waals surface area contributed by atoms with Crippen molar-refractivity contribution in [1.29, 1.82) is 5.26 Å². The van der Waals surface area contributed by atoms with E-state index in [1.165, 1.54) is 24.4 Å². The van der Waals surface area contributed by atoms with Crippen LogP contribution >= 0.6 is 0 Å². The van der Waals surface area contributed by atoms with E-state index in [1.807, 2.05) is 6.07 Å². The van der Waals surface area contributed by atoms with Gasteiger partial charge in [-0.3, -0.25) is 4.79 Å². The molecule has 90 valence electrons. The van der Waals surface area contributed by atoms with Crippen molar-refractivity contribution in [3.05, 3.63) is 58.0 Å². The molecule has 0 unspecified atom stereocenters. The Labute approximate surface area is 101 Å². The molecule has 0 aliphatic heterocycles. The molecule has 18 heavy (non-hydrogen) atoms. The van der Waals surface area contributed by atoms with Gasteiger partial charge in [0.25, 0.3) is 5.56 Å². The van der Waals surface area contributed by atoms with Crippen LogP contribution in [0.3, 0.4) is 0 Å². The SMILES string of the molecule is N#Cc1cc(F)ccc1OCc1nccc(=O)[nH]1. The standard InChI is InChI=1S/C12H8FN3O2/c13-9-1-2-10(8(5-9)6-14)18-7-11-15-4-3-12(17)16-11/h1-5H,7H2,(H,15,16,17). The maximum Gasteiger partial charge on any atom is 0.250 e. The van der Waals surface area contributed by atoms with Crippen LogP contribution in [0.5, 0.6) is 5.75 Å². The molecule has 0 saturated heterocycles. The first-order valence-corrected chi connectivity index (χ1v) is 5.05. The Morgan fingerprint density at radius 1 is 1.44 bits per heavy atom. The van der Waals surface area contributed by atoms with Crippen molar-refractivity contribution < 1.29 is 9.13 Å². The molecule has 0 bridgehead atoms. The van der Waals surface area contributed by atoms with Crippen LogP contribution in [0.2, 0.25) is 0 Å². The molecule has 1 aromatic heterocycles. The Hall–Kier alpha value is -2.68. The van der Waals surface area contributed by atoms with Crippen molar-refractivity contribution in [2.45, 2.75) is 6.61 Å². The second-order valence-corrected chi connectivity index (χ2v) is 3.42. The average molecular weight is 245 g/mol. The smallest absolute Gasteiger partial charge is 0.250 e. The van der Waals surface area contributed by atoms with Crippen LogP contribution in [-0.4, -0.2) is 9.97 Å². The predicted octanol–water partition coefficient (Wildman–Crippen LogP) is 1.36. The average Bonchev–Trinajstić information content (AvgIpc) is 2.37. The summed E-state index contributed by atoms with van der Waals surface area (Å²) < 4.78 is 18.2. The zero-order valence-corrected chi connectivity index (χ0v) is 9.18. The molecule has 0 atom stereocenters. The first-order chi connectivity index (χ1) is 8.69. The minimum Gasteiger partial charge on any atom is -0.484 e. The molecule has 0 saturated carbocycles. The van der Waals surface area contributed by atoms with Crippen LogP contribution < -0.4 is 10.3 Å². The molecule has 0 spiro atoms. The Bertz CT molecular complexity index is 661. The quantitative estimate of drug-likeness (QED) is 0.885. The van der Waals surface area contributed by atoms with Crippen LogP contribution in [-0.2, 0) is 6.61 Å². The largest absolute Gasteiger partial charge is 0.484 e. The monoisotopic (exact) mass is 245 g/mol. The molecule has 6 heteroatoms. The second-order valence-electron chi connectivity index (χ2n) is 3.42. The molecule has 0 amide bonds. The number of aromatic nitrogens is 2. The fourth-order valence-corrected chi connectivity index (χ4v) is 1.35. The van der Waals surface area contributed by atoms with Crippen molar-refractivity contribution in [2.24, 2.45) is 0 Å². The van der Waals surface area contributed by atoms with Crippen LogP contribution in [0.4, 0.5) is 4.39 Å². The Kier molecular flexibility index (Phi) is 3.34. The number of benzene rings is 1. The van der Waals surface area contributed by atoms with Crippen molar-refractivity contribution >= 4 is 0 Å². The summed E-state index contributed by atoms with van der Waals surface area (Å²) >= 11 is 0. The highest BCUT2D eigenvalue weighted by Crippen LogP contribution is 2.19. The minimum absolute atomic E-state index is 0.00358. The van der Waals surface area contributed by atoms with Gasteiger partial charge < -0.3 is 9.72 Å². The van der Waals surface area contributed by atoms with Gasteiger partial charge in [-0.25, -0.2) is 9.37 Å². The van der Waals surface area contributed by atoms with Crippen LogP contribution in [0, 0.1) is 17.1 Å². The van der Waals surface area contributed by atoms with Gasteiger partial charge in [-0.2, -0.15) is 5.26 Å². The zero-order chi connectivity index (χ0) is 13.0. The number of nitrogens with zero attached hydrogens (tertiary/aromatic N) is 2. The first kappa shape index (κ1) is 11.8. The fraction of sp³-hybridized carbons (Fsp3) is 0.0833. The summed E-state index contributed by atoms with van der Waals surface area (Å²) in [6.45, 7) is -0.00358. The summed E-state index contributed by atoms with van der Waals surface area (Å²) in [6.07, 6.45) is 1.35. The number of hydrogen-bond acceptors (Lipinski definition) is 4. The number of nitrogens with one attached hydrogen (secondary N) is 1. The molecule has 2 rings (SSSR count). The fourth-order valence-electron chi connectivity index (χ4n) is 1.35. The minimum atomic E-state index is -0.509. The summed E-state index contributed by atoms with van der Waals surface area (Å²) in [6, 6.07) is 6.73. The topological polar surface area (TPSA) is 78.8 Å². The molecule has 2 aromatic rings. The third-order valence-corrected chi connectivity index (χ3v) is 2.15. The molecule has 0 radical (unpaired) electrons. The van der Waals surface area contributed by atoms with Gasteiger partial charge in [0, 0.05) is 12.3 Å². The van der Waals surface area contributed by atoms with E-state index < -0.39 is 5.82 Å². The van der Waals surface area contributed by atoms with Crippen LogP contribution in [0.1, 0.15) is 11.4 Å². The summed E-state index contributed by atoms with van der Waals surface area (Å²) in [7, 11) is 0. The molecule has 0 aliphatic rings. The van der Waals surface area contributed by atoms with E-state index in [-0.39, 0.29) is 23.5 Å². The number of H-pyrrole nitrogens is 1. The van der Waals surface area contributed by atoms with Gasteiger partial charge in [-0.1, -0.05) is 0 Å². The lowest BCUT2D eigenvalue weighted by atomic mass is 10.2. The molecule has 1 N–H and O–H groups in total. The van der Waals surface area contributed by atoms with E-state index in [9.17, 15) is 9.18 Å². The van der Waals surface area contributed by atoms with Crippen LogP contribution in [0.15, 0.2) is 35.3 Å². The maximum absolute atomic E-state index is 12.9. The van der Waals surface area contributed by atoms with Crippen molar-refractivity contribution in [1.82, 2.24) is 9.97 Å². The maximum atomic E-state index is 12.9. The number of hydrogen-bond donors (Lipinski definition) is 1. The van der Waals surface area contributed by atoms with Gasteiger partial charge in [0.05, 0.1) is 5.56 Å². The van der Waals surface area contributed by atoms with E-state index in [2.05, 4.69) is 9.97 Å². The van der Waals surface area contributed by atoms with Gasteiger partial charge in [0.1, 0.15) is 30.1 Å². The molecule has 5 nitrogen and oxygen atoms in total. The Balaban J connectivity index is 2.16. The van der Waals surface area contributed by atoms with E-state index in [4.69, 9.17) is 10.00 Å². The van der Waals surface area contributed by atoms with E-state index in [0.29, 0.717) is 5.82 Å². The first-order valence-electron chi connectivity index (χ1n) is 5.05. The zero-order valence-electron chi connectivity index (χ0n) is 9.18.